The zero-order valence-corrected chi connectivity index (χ0v) is 58.1. The third-order valence-corrected chi connectivity index (χ3v) is 18.1. The number of hydrogen-bond donors (Lipinski definition) is 0. The number of carbonyl (C=O) groups excluding carboxylic acids is 6. The fraction of sp³-hybridized carbons (Fsp3) is 0.341. The molecule has 2 aliphatic heterocycles. The summed E-state index contributed by atoms with van der Waals surface area (Å²) < 4.78 is 74.5. The van der Waals surface area contributed by atoms with Gasteiger partial charge in [0.2, 0.25) is 0 Å². The third kappa shape index (κ3) is 18.2. The van der Waals surface area contributed by atoms with Crippen LogP contribution in [0.1, 0.15) is 133 Å². The van der Waals surface area contributed by atoms with Gasteiger partial charge in [-0.25, -0.2) is 0 Å². The lowest BCUT2D eigenvalue weighted by molar-refractivity contribution is -0.151. The molecule has 0 aromatic heterocycles. The topological polar surface area (TPSA) is 222 Å². The zero-order chi connectivity index (χ0) is 71.1. The maximum absolute atomic E-state index is 13.1. The minimum Gasteiger partial charge on any atom is -0.497 e. The van der Waals surface area contributed by atoms with Crippen LogP contribution in [0, 0.1) is 13.8 Å². The van der Waals surface area contributed by atoms with Gasteiger partial charge in [0.05, 0.1) is 80.6 Å². The van der Waals surface area contributed by atoms with Gasteiger partial charge in [-0.1, -0.05) is 109 Å². The maximum Gasteiger partial charge on any atom is 0.306 e. The summed E-state index contributed by atoms with van der Waals surface area (Å²) in [4.78, 5) is 76.1. The number of aryl methyl sites for hydroxylation is 2. The fourth-order valence-electron chi connectivity index (χ4n) is 12.5. The first kappa shape index (κ1) is 73.1. The van der Waals surface area contributed by atoms with E-state index in [1.807, 2.05) is 184 Å². The Bertz CT molecular complexity index is 3880. The van der Waals surface area contributed by atoms with Crippen molar-refractivity contribution in [2.24, 2.45) is 0 Å². The Kier molecular flexibility index (Phi) is 25.6. The van der Waals surface area contributed by atoms with E-state index >= 15 is 0 Å². The van der Waals surface area contributed by atoms with E-state index < -0.39 is 35.1 Å². The van der Waals surface area contributed by atoms with Crippen LogP contribution in [0.2, 0.25) is 0 Å². The van der Waals surface area contributed by atoms with Crippen LogP contribution in [0.15, 0.2) is 158 Å². The first-order valence-electron chi connectivity index (χ1n) is 34.1. The first-order chi connectivity index (χ1) is 49.2. The molecule has 0 atom stereocenters. The molecule has 0 radical (unpaired) electrons. The molecule has 0 N–H and O–H groups in total. The molecule has 101 heavy (non-hydrogen) atoms. The van der Waals surface area contributed by atoms with Gasteiger partial charge in [0.15, 0.2) is 11.2 Å². The summed E-state index contributed by atoms with van der Waals surface area (Å²) in [5, 5.41) is 3.72. The van der Waals surface area contributed by atoms with E-state index in [0.29, 0.717) is 73.0 Å². The number of rotatable bonds is 36. The smallest absolute Gasteiger partial charge is 0.306 e. The second-order valence-electron chi connectivity index (χ2n) is 24.5. The lowest BCUT2D eigenvalue weighted by Crippen LogP contribution is -2.34. The number of esters is 6. The summed E-state index contributed by atoms with van der Waals surface area (Å²) in [7, 11) is 6.50. The molecule has 2 heterocycles. The van der Waals surface area contributed by atoms with Crippen molar-refractivity contribution in [2.75, 3.05) is 68.1 Å². The lowest BCUT2D eigenvalue weighted by Gasteiger charge is -2.37. The second kappa shape index (κ2) is 35.4. The van der Waals surface area contributed by atoms with Crippen LogP contribution < -0.4 is 28.4 Å². The molecule has 0 unspecified atom stereocenters. The number of ether oxygens (including phenoxy) is 13. The number of benzene rings is 8. The predicted octanol–water partition coefficient (Wildman–Crippen LogP) is 15.0. The van der Waals surface area contributed by atoms with E-state index in [4.69, 9.17) is 61.6 Å². The monoisotopic (exact) mass is 1370 g/mol. The second-order valence-corrected chi connectivity index (χ2v) is 24.5. The molecule has 0 bridgehead atoms. The number of hydrogen-bond acceptors (Lipinski definition) is 19. The lowest BCUT2D eigenvalue weighted by atomic mass is 9.82. The molecular formula is C82H86O19. The van der Waals surface area contributed by atoms with E-state index in [1.54, 1.807) is 28.4 Å². The summed E-state index contributed by atoms with van der Waals surface area (Å²) in [5.41, 5.74) is 6.54. The Labute approximate surface area is 588 Å². The molecule has 2 aliphatic rings. The molecule has 10 rings (SSSR count). The van der Waals surface area contributed by atoms with Crippen molar-refractivity contribution in [3.63, 3.8) is 0 Å². The zero-order valence-electron chi connectivity index (χ0n) is 58.1. The van der Waals surface area contributed by atoms with E-state index in [-0.39, 0.29) is 103 Å². The molecule has 0 fully saturated rings. The quantitative estimate of drug-likeness (QED) is 0.0202. The standard InChI is InChI=1S/C82H86O19/c1-55-65-17-11-13-19-67(65)79-69(43-45-81(100-79,57-23-31-61(89-3)32-24-57)58-25-33-62(90-4)34-26-58)71(55)53-98-77(87)41-39-75(85)94-47-15-7-9-21-73(83)96-51-49-93-50-52-97-74(84)22-10-8-16-48-95-76(86)40-42-78(88)99-54-72-56(2)66-18-12-14-20-68(66)80-70(72)44-46-82(101-80,59-27-35-63(91-5)36-28-59)60-29-37-64(92-6)38-30-60/h11-14,17-20,23-38,43-46H,7-10,15-16,21-22,39-42,47-54H2,1-6H3. The Morgan fingerprint density at radius 1 is 0.327 bits per heavy atom. The molecule has 8 aromatic carbocycles. The van der Waals surface area contributed by atoms with Gasteiger partial charge >= 0.3 is 35.8 Å². The number of fused-ring (bicyclic) bond motifs is 6. The highest BCUT2D eigenvalue weighted by atomic mass is 16.6. The minimum atomic E-state index is -1.02. The fourth-order valence-corrected chi connectivity index (χ4v) is 12.5. The van der Waals surface area contributed by atoms with Crippen LogP contribution in [-0.2, 0) is 86.3 Å². The molecule has 0 spiro atoms. The van der Waals surface area contributed by atoms with Crippen LogP contribution in [0.25, 0.3) is 33.7 Å². The summed E-state index contributed by atoms with van der Waals surface area (Å²) in [6.45, 7) is 4.54. The normalized spacial score (nSPS) is 13.0. The first-order valence-corrected chi connectivity index (χ1v) is 34.1. The Morgan fingerprint density at radius 2 is 0.624 bits per heavy atom. The number of methoxy groups -OCH3 is 4. The Hall–Kier alpha value is -10.7. The van der Waals surface area contributed by atoms with E-state index in [2.05, 4.69) is 0 Å². The minimum absolute atomic E-state index is 0.0358. The van der Waals surface area contributed by atoms with Gasteiger partial charge in [-0.15, -0.1) is 0 Å². The molecule has 0 amide bonds. The highest BCUT2D eigenvalue weighted by Crippen LogP contribution is 2.50. The van der Waals surface area contributed by atoms with Crippen molar-refractivity contribution in [3.05, 3.63) is 213 Å². The van der Waals surface area contributed by atoms with Crippen LogP contribution in [0.3, 0.4) is 0 Å². The predicted molar refractivity (Wildman–Crippen MR) is 380 cm³/mol. The summed E-state index contributed by atoms with van der Waals surface area (Å²) in [6, 6.07) is 47.0. The summed E-state index contributed by atoms with van der Waals surface area (Å²) in [5.74, 6) is 1.24. The highest BCUT2D eigenvalue weighted by molar-refractivity contribution is 5.98. The molecule has 0 aliphatic carbocycles. The van der Waals surface area contributed by atoms with E-state index in [1.165, 1.54) is 0 Å². The molecule has 19 heteroatoms. The van der Waals surface area contributed by atoms with Gasteiger partial charge in [-0.05, 0) is 135 Å². The average molecular weight is 1380 g/mol. The van der Waals surface area contributed by atoms with Crippen LogP contribution >= 0.6 is 0 Å². The van der Waals surface area contributed by atoms with Crippen molar-refractivity contribution < 1.29 is 90.3 Å². The third-order valence-electron chi connectivity index (χ3n) is 18.1. The van der Waals surface area contributed by atoms with Crippen molar-refractivity contribution >= 4 is 69.5 Å². The molecular weight excluding hydrogens is 1290 g/mol. The highest BCUT2D eigenvalue weighted by Gasteiger charge is 2.41. The number of unbranched alkanes of at least 4 members (excludes halogenated alkanes) is 4. The van der Waals surface area contributed by atoms with Crippen molar-refractivity contribution in [1.82, 2.24) is 0 Å². The number of carbonyl (C=O) groups is 6. The van der Waals surface area contributed by atoms with Crippen LogP contribution in [-0.4, -0.2) is 104 Å². The van der Waals surface area contributed by atoms with E-state index in [0.717, 1.165) is 77.2 Å². The molecule has 19 nitrogen and oxygen atoms in total. The largest absolute Gasteiger partial charge is 0.497 e. The van der Waals surface area contributed by atoms with Gasteiger partial charge in [0.1, 0.15) is 60.9 Å². The Balaban J connectivity index is 0.547. The summed E-state index contributed by atoms with van der Waals surface area (Å²) >= 11 is 0. The van der Waals surface area contributed by atoms with Crippen LogP contribution in [0.4, 0.5) is 0 Å². The van der Waals surface area contributed by atoms with Crippen molar-refractivity contribution in [2.45, 2.75) is 115 Å². The molecule has 0 saturated carbocycles. The Morgan fingerprint density at radius 3 is 0.950 bits per heavy atom. The van der Waals surface area contributed by atoms with Gasteiger partial charge in [-0.3, -0.25) is 28.8 Å². The van der Waals surface area contributed by atoms with Crippen molar-refractivity contribution in [3.8, 4) is 34.5 Å². The van der Waals surface area contributed by atoms with Gasteiger partial charge in [0, 0.05) is 68.1 Å². The molecule has 8 aromatic rings. The maximum atomic E-state index is 13.1. The molecule has 528 valence electrons. The van der Waals surface area contributed by atoms with E-state index in [9.17, 15) is 28.8 Å². The molecule has 0 saturated heterocycles. The average Bonchev–Trinajstić information content (AvgIpc) is 0.735. The van der Waals surface area contributed by atoms with Gasteiger partial charge in [-0.2, -0.15) is 0 Å². The van der Waals surface area contributed by atoms with Crippen molar-refractivity contribution in [1.29, 1.82) is 0 Å². The summed E-state index contributed by atoms with van der Waals surface area (Å²) in [6.07, 6.45) is 11.2. The van der Waals surface area contributed by atoms with Gasteiger partial charge < -0.3 is 61.6 Å². The van der Waals surface area contributed by atoms with Crippen LogP contribution in [0.5, 0.6) is 34.5 Å². The van der Waals surface area contributed by atoms with Gasteiger partial charge in [0.25, 0.3) is 0 Å². The SMILES string of the molecule is COc1ccc(C2(c3ccc(OC)cc3)C=Cc3c(COC(=O)CCC(=O)OCCCCCC(=O)OCCOCCOC(=O)CCCCCOC(=O)CCC(=O)OCc4c5c(c6ccccc6c4C)OC(c4ccc(OC)cc4)(c4ccc(OC)cc4)C=C5)c(C)c4ccccc4c3O2)cc1.